The van der Waals surface area contributed by atoms with Crippen LogP contribution in [0.15, 0.2) is 30.5 Å². The van der Waals surface area contributed by atoms with Gasteiger partial charge in [-0.2, -0.15) is 12.6 Å². The van der Waals surface area contributed by atoms with E-state index in [2.05, 4.69) is 33.6 Å². The normalized spacial score (nSPS) is 14.4. The van der Waals surface area contributed by atoms with E-state index in [-0.39, 0.29) is 12.2 Å². The van der Waals surface area contributed by atoms with Crippen LogP contribution in [0.25, 0.3) is 10.9 Å². The maximum atomic E-state index is 13.0. The van der Waals surface area contributed by atoms with Gasteiger partial charge >= 0.3 is 5.97 Å². The lowest BCUT2D eigenvalue weighted by molar-refractivity contribution is -0.143. The summed E-state index contributed by atoms with van der Waals surface area (Å²) in [6, 6.07) is 2.67. The predicted molar refractivity (Wildman–Crippen MR) is 137 cm³/mol. The molecular formula is C23H34N6O6S. The van der Waals surface area contributed by atoms with Gasteiger partial charge in [0.05, 0.1) is 12.6 Å². The number of aliphatic carboxylic acids is 1. The number of H-pyrrole nitrogens is 1. The molecule has 0 aliphatic heterocycles. The number of carboxylic acids is 1. The number of carboxylic acid groups (broad SMARTS) is 1. The lowest BCUT2D eigenvalue weighted by Crippen LogP contribution is -2.58. The summed E-state index contributed by atoms with van der Waals surface area (Å²) in [5, 5.41) is 26.7. The summed E-state index contributed by atoms with van der Waals surface area (Å²) in [7, 11) is 0. The van der Waals surface area contributed by atoms with Gasteiger partial charge in [0.25, 0.3) is 0 Å². The summed E-state index contributed by atoms with van der Waals surface area (Å²) in [5.74, 6) is -3.53. The highest BCUT2D eigenvalue weighted by Gasteiger charge is 2.30. The zero-order chi connectivity index (χ0) is 26.7. The largest absolute Gasteiger partial charge is 0.480 e. The average molecular weight is 523 g/mol. The van der Waals surface area contributed by atoms with Crippen LogP contribution in [0.4, 0.5) is 0 Å². The number of aromatic amines is 1. The van der Waals surface area contributed by atoms with E-state index in [4.69, 9.17) is 11.5 Å². The summed E-state index contributed by atoms with van der Waals surface area (Å²) in [6.07, 6.45) is 3.48. The Balaban J connectivity index is 2.18. The van der Waals surface area contributed by atoms with E-state index in [0.717, 1.165) is 10.9 Å². The van der Waals surface area contributed by atoms with Crippen molar-refractivity contribution in [2.75, 3.05) is 18.9 Å². The van der Waals surface area contributed by atoms with Crippen molar-refractivity contribution in [3.8, 4) is 0 Å². The van der Waals surface area contributed by atoms with E-state index < -0.39 is 54.5 Å². The number of carbonyl (C=O) groups is 4. The van der Waals surface area contributed by atoms with Gasteiger partial charge in [0.2, 0.25) is 17.7 Å². The minimum absolute atomic E-state index is 0.0190. The second kappa shape index (κ2) is 14.4. The van der Waals surface area contributed by atoms with E-state index >= 15 is 0 Å². The topological polar surface area (TPSA) is 213 Å². The molecular weight excluding hydrogens is 488 g/mol. The SMILES string of the molecule is NCCCCC(N)C(=O)NC(CS)C(=O)NC(Cc1c[nH]c2ccccc12)C(=O)NC(CO)C(=O)O. The number of hydrogen-bond donors (Lipinski definition) is 9. The first kappa shape index (κ1) is 29.1. The first-order valence-corrected chi connectivity index (χ1v) is 12.2. The van der Waals surface area contributed by atoms with E-state index in [1.54, 1.807) is 6.20 Å². The molecule has 1 aromatic heterocycles. The quantitative estimate of drug-likeness (QED) is 0.100. The number of amides is 3. The summed E-state index contributed by atoms with van der Waals surface area (Å²) in [5.41, 5.74) is 12.9. The van der Waals surface area contributed by atoms with E-state index in [1.165, 1.54) is 0 Å². The Bertz CT molecular complexity index is 1050. The van der Waals surface area contributed by atoms with Crippen molar-refractivity contribution >= 4 is 47.2 Å². The van der Waals surface area contributed by atoms with Crippen LogP contribution in [0.1, 0.15) is 24.8 Å². The van der Waals surface area contributed by atoms with Crippen molar-refractivity contribution in [3.05, 3.63) is 36.0 Å². The molecule has 3 amide bonds. The molecule has 0 aliphatic carbocycles. The van der Waals surface area contributed by atoms with Crippen molar-refractivity contribution in [2.45, 2.75) is 49.9 Å². The van der Waals surface area contributed by atoms with Crippen molar-refractivity contribution < 1.29 is 29.4 Å². The van der Waals surface area contributed by atoms with E-state index in [9.17, 15) is 29.4 Å². The standard InChI is InChI=1S/C23H34N6O6S/c24-8-4-3-6-15(25)20(31)29-19(12-36)22(33)27-17(21(32)28-18(11-30)23(34)35)9-13-10-26-16-7-2-1-5-14(13)16/h1-2,5,7,10,15,17-19,26,30,36H,3-4,6,8-9,11-12,24-25H2,(H,27,33)(H,28,32)(H,29,31)(H,34,35). The molecule has 4 atom stereocenters. The molecule has 13 heteroatoms. The Hall–Kier alpha value is -3.13. The van der Waals surface area contributed by atoms with Gasteiger partial charge in [0, 0.05) is 29.3 Å². The van der Waals surface area contributed by atoms with E-state index in [1.807, 2.05) is 24.3 Å². The number of nitrogens with two attached hydrogens (primary N) is 2. The fourth-order valence-electron chi connectivity index (χ4n) is 3.57. The van der Waals surface area contributed by atoms with Crippen molar-refractivity contribution in [3.63, 3.8) is 0 Å². The van der Waals surface area contributed by atoms with Crippen LogP contribution in [0.2, 0.25) is 0 Å². The van der Waals surface area contributed by atoms with Gasteiger partial charge < -0.3 is 42.6 Å². The molecule has 0 saturated carbocycles. The molecule has 2 aromatic rings. The molecule has 0 bridgehead atoms. The second-order valence-electron chi connectivity index (χ2n) is 8.34. The minimum Gasteiger partial charge on any atom is -0.480 e. The molecule has 0 aliphatic rings. The Kier molecular flexibility index (Phi) is 11.7. The summed E-state index contributed by atoms with van der Waals surface area (Å²) in [4.78, 5) is 52.8. The van der Waals surface area contributed by atoms with Crippen LogP contribution < -0.4 is 27.4 Å². The van der Waals surface area contributed by atoms with Gasteiger partial charge in [-0.05, 0) is 31.0 Å². The molecule has 10 N–H and O–H groups in total. The highest BCUT2D eigenvalue weighted by atomic mass is 32.1. The molecule has 0 spiro atoms. The summed E-state index contributed by atoms with van der Waals surface area (Å²) in [6.45, 7) is -0.346. The first-order chi connectivity index (χ1) is 17.2. The molecule has 36 heavy (non-hydrogen) atoms. The number of thiol groups is 1. The van der Waals surface area contributed by atoms with Gasteiger partial charge in [-0.3, -0.25) is 14.4 Å². The molecule has 198 valence electrons. The third kappa shape index (κ3) is 8.22. The van der Waals surface area contributed by atoms with Crippen LogP contribution in [-0.2, 0) is 25.6 Å². The number of hydrogen-bond acceptors (Lipinski definition) is 8. The number of aromatic nitrogens is 1. The minimum atomic E-state index is -1.55. The summed E-state index contributed by atoms with van der Waals surface area (Å²) < 4.78 is 0. The van der Waals surface area contributed by atoms with Gasteiger partial charge in [-0.1, -0.05) is 24.6 Å². The molecule has 2 rings (SSSR count). The molecule has 12 nitrogen and oxygen atoms in total. The number of aliphatic hydroxyl groups is 1. The summed E-state index contributed by atoms with van der Waals surface area (Å²) >= 11 is 4.14. The van der Waals surface area contributed by atoms with Gasteiger partial charge in [-0.15, -0.1) is 0 Å². The van der Waals surface area contributed by atoms with Crippen molar-refractivity contribution in [1.29, 1.82) is 0 Å². The van der Waals surface area contributed by atoms with Crippen LogP contribution >= 0.6 is 12.6 Å². The third-order valence-electron chi connectivity index (χ3n) is 5.65. The number of benzene rings is 1. The van der Waals surface area contributed by atoms with Crippen LogP contribution in [0.5, 0.6) is 0 Å². The Labute approximate surface area is 214 Å². The number of para-hydroxylation sites is 1. The first-order valence-electron chi connectivity index (χ1n) is 11.6. The van der Waals surface area contributed by atoms with E-state index in [0.29, 0.717) is 31.4 Å². The second-order valence-corrected chi connectivity index (χ2v) is 8.71. The van der Waals surface area contributed by atoms with Crippen LogP contribution in [0.3, 0.4) is 0 Å². The smallest absolute Gasteiger partial charge is 0.328 e. The number of nitrogens with one attached hydrogen (secondary N) is 4. The number of fused-ring (bicyclic) bond motifs is 1. The van der Waals surface area contributed by atoms with Gasteiger partial charge in [-0.25, -0.2) is 4.79 Å². The molecule has 1 aromatic carbocycles. The molecule has 0 saturated heterocycles. The van der Waals surface area contributed by atoms with Gasteiger partial charge in [0.15, 0.2) is 0 Å². The monoisotopic (exact) mass is 522 g/mol. The highest BCUT2D eigenvalue weighted by Crippen LogP contribution is 2.19. The Morgan fingerprint density at radius 2 is 1.61 bits per heavy atom. The zero-order valence-electron chi connectivity index (χ0n) is 19.8. The number of rotatable bonds is 15. The number of carbonyl (C=O) groups excluding carboxylic acids is 3. The fourth-order valence-corrected chi connectivity index (χ4v) is 3.83. The lowest BCUT2D eigenvalue weighted by Gasteiger charge is -2.24. The average Bonchev–Trinajstić information content (AvgIpc) is 3.27. The molecule has 0 fully saturated rings. The lowest BCUT2D eigenvalue weighted by atomic mass is 10.0. The molecule has 0 radical (unpaired) electrons. The van der Waals surface area contributed by atoms with Gasteiger partial charge in [0.1, 0.15) is 18.1 Å². The molecule has 4 unspecified atom stereocenters. The molecule has 1 heterocycles. The predicted octanol–water partition coefficient (Wildman–Crippen LogP) is -1.37. The zero-order valence-corrected chi connectivity index (χ0v) is 20.7. The van der Waals surface area contributed by atoms with Crippen LogP contribution in [-0.4, -0.2) is 82.0 Å². The van der Waals surface area contributed by atoms with Crippen molar-refractivity contribution in [2.24, 2.45) is 11.5 Å². The number of unbranched alkanes of at least 4 members (excludes halogenated alkanes) is 1. The fraction of sp³-hybridized carbons (Fsp3) is 0.478. The maximum absolute atomic E-state index is 13.0. The van der Waals surface area contributed by atoms with Crippen molar-refractivity contribution in [1.82, 2.24) is 20.9 Å². The Morgan fingerprint density at radius 3 is 2.25 bits per heavy atom. The third-order valence-corrected chi connectivity index (χ3v) is 6.02. The van der Waals surface area contributed by atoms with Crippen LogP contribution in [0, 0.1) is 0 Å². The highest BCUT2D eigenvalue weighted by molar-refractivity contribution is 7.80. The maximum Gasteiger partial charge on any atom is 0.328 e. The number of aliphatic hydroxyl groups excluding tert-OH is 1. The Morgan fingerprint density at radius 1 is 0.972 bits per heavy atom.